The molecule has 0 radical (unpaired) electrons. The van der Waals surface area contributed by atoms with Crippen LogP contribution in [0.4, 0.5) is 4.39 Å². The second-order valence-electron chi connectivity index (χ2n) is 5.56. The Labute approximate surface area is 149 Å². The van der Waals surface area contributed by atoms with Gasteiger partial charge in [-0.3, -0.25) is 0 Å². The van der Waals surface area contributed by atoms with Gasteiger partial charge in [-0.25, -0.2) is 9.18 Å². The second-order valence-corrected chi connectivity index (χ2v) is 6.41. The van der Waals surface area contributed by atoms with Crippen LogP contribution in [0.15, 0.2) is 34.8 Å². The highest BCUT2D eigenvalue weighted by Crippen LogP contribution is 2.26. The molecule has 0 aliphatic carbocycles. The van der Waals surface area contributed by atoms with E-state index in [4.69, 9.17) is 9.47 Å². The lowest BCUT2D eigenvalue weighted by Gasteiger charge is -2.14. The van der Waals surface area contributed by atoms with E-state index < -0.39 is 0 Å². The molecule has 2 aromatic carbocycles. The molecule has 0 spiro atoms. The first-order chi connectivity index (χ1) is 11.4. The fourth-order valence-corrected chi connectivity index (χ4v) is 2.76. The molecule has 0 saturated heterocycles. The molecule has 24 heavy (non-hydrogen) atoms. The maximum atomic E-state index is 13.7. The highest BCUT2D eigenvalue weighted by molar-refractivity contribution is 9.10. The van der Waals surface area contributed by atoms with Gasteiger partial charge in [0.15, 0.2) is 0 Å². The lowest BCUT2D eigenvalue weighted by atomic mass is 10.1. The van der Waals surface area contributed by atoms with Crippen molar-refractivity contribution in [1.29, 1.82) is 0 Å². The summed E-state index contributed by atoms with van der Waals surface area (Å²) in [7, 11) is 0. The number of benzene rings is 2. The minimum atomic E-state index is -0.386. The topological polar surface area (TPSA) is 35.5 Å². The predicted octanol–water partition coefficient (Wildman–Crippen LogP) is 5.35. The first-order valence-electron chi connectivity index (χ1n) is 7.78. The maximum Gasteiger partial charge on any atom is 0.338 e. The molecule has 0 heterocycles. The molecule has 0 aromatic heterocycles. The number of carbonyl (C=O) groups is 1. The van der Waals surface area contributed by atoms with Crippen LogP contribution in [0, 0.1) is 19.7 Å². The van der Waals surface area contributed by atoms with Crippen molar-refractivity contribution in [3.8, 4) is 5.75 Å². The van der Waals surface area contributed by atoms with E-state index in [2.05, 4.69) is 15.9 Å². The van der Waals surface area contributed by atoms with Crippen LogP contribution in [-0.4, -0.2) is 12.6 Å². The zero-order valence-electron chi connectivity index (χ0n) is 14.0. The fourth-order valence-electron chi connectivity index (χ4n) is 2.28. The molecule has 128 valence electrons. The van der Waals surface area contributed by atoms with Gasteiger partial charge in [-0.05, 0) is 49.6 Å². The molecule has 0 bridgehead atoms. The van der Waals surface area contributed by atoms with E-state index in [-0.39, 0.29) is 18.4 Å². The minimum absolute atomic E-state index is 0.140. The Morgan fingerprint density at radius 1 is 1.21 bits per heavy atom. The molecule has 0 unspecified atom stereocenters. The number of esters is 1. The summed E-state index contributed by atoms with van der Waals surface area (Å²) < 4.78 is 25.5. The van der Waals surface area contributed by atoms with Gasteiger partial charge in [0.25, 0.3) is 0 Å². The average Bonchev–Trinajstić information content (AvgIpc) is 2.55. The van der Waals surface area contributed by atoms with Gasteiger partial charge >= 0.3 is 5.97 Å². The van der Waals surface area contributed by atoms with Crippen LogP contribution in [0.25, 0.3) is 0 Å². The summed E-state index contributed by atoms with van der Waals surface area (Å²) in [5.41, 5.74) is 2.54. The third-order valence-corrected chi connectivity index (χ3v) is 4.35. The summed E-state index contributed by atoms with van der Waals surface area (Å²) in [6, 6.07) is 8.41. The van der Waals surface area contributed by atoms with Crippen molar-refractivity contribution in [3.05, 3.63) is 62.9 Å². The standard InChI is InChI=1S/C19H20BrFO3/c1-4-8-23-19(22)14-6-5-7-16(20)15(14)11-24-18-10-17(21)12(2)9-13(18)3/h5-7,9-10H,4,8,11H2,1-3H3. The van der Waals surface area contributed by atoms with Gasteiger partial charge in [-0.1, -0.05) is 28.9 Å². The molecule has 0 fully saturated rings. The van der Waals surface area contributed by atoms with E-state index in [1.54, 1.807) is 25.1 Å². The molecular formula is C19H20BrFO3. The van der Waals surface area contributed by atoms with Crippen molar-refractivity contribution < 1.29 is 18.7 Å². The molecule has 0 atom stereocenters. The van der Waals surface area contributed by atoms with Crippen LogP contribution < -0.4 is 4.74 Å². The number of ether oxygens (including phenoxy) is 2. The number of carbonyl (C=O) groups excluding carboxylic acids is 1. The Morgan fingerprint density at radius 3 is 2.67 bits per heavy atom. The lowest BCUT2D eigenvalue weighted by Crippen LogP contribution is -2.11. The van der Waals surface area contributed by atoms with Gasteiger partial charge in [0.2, 0.25) is 0 Å². The van der Waals surface area contributed by atoms with Gasteiger partial charge in [0.1, 0.15) is 18.2 Å². The number of hydrogen-bond donors (Lipinski definition) is 0. The van der Waals surface area contributed by atoms with Crippen LogP contribution in [0.5, 0.6) is 5.75 Å². The smallest absolute Gasteiger partial charge is 0.338 e. The molecule has 0 N–H and O–H groups in total. The van der Waals surface area contributed by atoms with Crippen molar-refractivity contribution in [2.75, 3.05) is 6.61 Å². The molecule has 5 heteroatoms. The highest BCUT2D eigenvalue weighted by Gasteiger charge is 2.16. The van der Waals surface area contributed by atoms with Crippen molar-refractivity contribution >= 4 is 21.9 Å². The Morgan fingerprint density at radius 2 is 1.96 bits per heavy atom. The van der Waals surface area contributed by atoms with Gasteiger partial charge in [0.05, 0.1) is 12.2 Å². The second kappa shape index (κ2) is 8.29. The molecule has 0 aliphatic rings. The summed E-state index contributed by atoms with van der Waals surface area (Å²) in [6.45, 7) is 6.02. The Balaban J connectivity index is 2.24. The van der Waals surface area contributed by atoms with Gasteiger partial charge in [0, 0.05) is 16.1 Å². The average molecular weight is 395 g/mol. The molecule has 2 rings (SSSR count). The minimum Gasteiger partial charge on any atom is -0.488 e. The van der Waals surface area contributed by atoms with Gasteiger partial charge in [-0.15, -0.1) is 0 Å². The Bertz CT molecular complexity index is 744. The summed E-state index contributed by atoms with van der Waals surface area (Å²) in [6.07, 6.45) is 0.757. The van der Waals surface area contributed by atoms with Crippen molar-refractivity contribution in [2.45, 2.75) is 33.8 Å². The maximum absolute atomic E-state index is 13.7. The number of hydrogen-bond acceptors (Lipinski definition) is 3. The quantitative estimate of drug-likeness (QED) is 0.619. The van der Waals surface area contributed by atoms with Crippen molar-refractivity contribution in [2.24, 2.45) is 0 Å². The van der Waals surface area contributed by atoms with E-state index in [1.807, 2.05) is 19.9 Å². The van der Waals surface area contributed by atoms with Crippen LogP contribution in [-0.2, 0) is 11.3 Å². The fraction of sp³-hybridized carbons (Fsp3) is 0.316. The van der Waals surface area contributed by atoms with Crippen LogP contribution in [0.2, 0.25) is 0 Å². The predicted molar refractivity (Wildman–Crippen MR) is 94.9 cm³/mol. The lowest BCUT2D eigenvalue weighted by molar-refractivity contribution is 0.0502. The summed E-state index contributed by atoms with van der Waals surface area (Å²) >= 11 is 3.44. The molecule has 3 nitrogen and oxygen atoms in total. The number of aryl methyl sites for hydroxylation is 2. The third kappa shape index (κ3) is 4.35. The van der Waals surface area contributed by atoms with Gasteiger partial charge < -0.3 is 9.47 Å². The Hall–Kier alpha value is -1.88. The van der Waals surface area contributed by atoms with Crippen LogP contribution >= 0.6 is 15.9 Å². The van der Waals surface area contributed by atoms with E-state index in [0.717, 1.165) is 16.5 Å². The van der Waals surface area contributed by atoms with E-state index in [9.17, 15) is 9.18 Å². The molecule has 0 amide bonds. The first-order valence-corrected chi connectivity index (χ1v) is 8.57. The molecule has 2 aromatic rings. The highest BCUT2D eigenvalue weighted by atomic mass is 79.9. The SMILES string of the molecule is CCCOC(=O)c1cccc(Br)c1COc1cc(F)c(C)cc1C. The summed E-state index contributed by atoms with van der Waals surface area (Å²) in [5.74, 6) is -0.240. The van der Waals surface area contributed by atoms with E-state index in [0.29, 0.717) is 29.0 Å². The van der Waals surface area contributed by atoms with Crippen LogP contribution in [0.3, 0.4) is 0 Å². The number of halogens is 2. The van der Waals surface area contributed by atoms with Crippen LogP contribution in [0.1, 0.15) is 40.4 Å². The summed E-state index contributed by atoms with van der Waals surface area (Å²) in [5, 5.41) is 0. The molecule has 0 aliphatic heterocycles. The molecule has 0 saturated carbocycles. The Kier molecular flexibility index (Phi) is 6.37. The third-order valence-electron chi connectivity index (χ3n) is 3.60. The van der Waals surface area contributed by atoms with E-state index >= 15 is 0 Å². The normalized spacial score (nSPS) is 10.5. The zero-order chi connectivity index (χ0) is 17.7. The van der Waals surface area contributed by atoms with Crippen molar-refractivity contribution in [1.82, 2.24) is 0 Å². The van der Waals surface area contributed by atoms with Crippen molar-refractivity contribution in [3.63, 3.8) is 0 Å². The largest absolute Gasteiger partial charge is 0.488 e. The first kappa shape index (κ1) is 18.5. The monoisotopic (exact) mass is 394 g/mol. The van der Waals surface area contributed by atoms with Gasteiger partial charge in [-0.2, -0.15) is 0 Å². The molecular weight excluding hydrogens is 375 g/mol. The van der Waals surface area contributed by atoms with E-state index in [1.165, 1.54) is 6.07 Å². The number of rotatable bonds is 6. The zero-order valence-corrected chi connectivity index (χ0v) is 15.6. The summed E-state index contributed by atoms with van der Waals surface area (Å²) in [4.78, 5) is 12.2.